The van der Waals surface area contributed by atoms with Crippen LogP contribution in [0, 0.1) is 0 Å². The van der Waals surface area contributed by atoms with Gasteiger partial charge in [-0.2, -0.15) is 0 Å². The number of carbonyl (C=O) groups excluding carboxylic acids is 2. The van der Waals surface area contributed by atoms with Gasteiger partial charge in [0.05, 0.1) is 45.1 Å². The third-order valence-corrected chi connectivity index (χ3v) is 6.95. The van der Waals surface area contributed by atoms with Crippen LogP contribution in [0.5, 0.6) is 0 Å². The Morgan fingerprint density at radius 1 is 0.708 bits per heavy atom. The predicted molar refractivity (Wildman–Crippen MR) is 93.5 cm³/mol. The zero-order valence-electron chi connectivity index (χ0n) is 15.1. The van der Waals surface area contributed by atoms with Gasteiger partial charge in [0.15, 0.2) is 0 Å². The largest absolute Gasteiger partial charge is 0.466 e. The summed E-state index contributed by atoms with van der Waals surface area (Å²) in [5.74, 6) is -1.09. The Kier molecular flexibility index (Phi) is 15.2. The first-order valence-electron chi connectivity index (χ1n) is 7.99. The predicted octanol–water partition coefficient (Wildman–Crippen LogP) is -0.820. The molecule has 0 aliphatic heterocycles. The van der Waals surface area contributed by atoms with Crippen molar-refractivity contribution in [2.45, 2.75) is 36.8 Å². The SMILES string of the molecule is COC(OC)[SiH2]CCOC(=O)CCC(=O)OCC[SiH2]C(OC)OC. The lowest BCUT2D eigenvalue weighted by Crippen LogP contribution is -2.23. The molecule has 0 saturated carbocycles. The van der Waals surface area contributed by atoms with Gasteiger partial charge in [-0.15, -0.1) is 0 Å². The molecular weight excluding hydrogens is 352 g/mol. The molecule has 0 unspecified atom stereocenters. The monoisotopic (exact) mass is 382 g/mol. The molecule has 0 rings (SSSR count). The molecule has 0 aromatic carbocycles. The summed E-state index contributed by atoms with van der Waals surface area (Å²) < 4.78 is 30.5. The molecule has 0 N–H and O–H groups in total. The number of hydrogen-bond acceptors (Lipinski definition) is 8. The fraction of sp³-hybridized carbons (Fsp3) is 0.857. The molecule has 0 heterocycles. The van der Waals surface area contributed by atoms with Crippen LogP contribution in [0.1, 0.15) is 12.8 Å². The summed E-state index contributed by atoms with van der Waals surface area (Å²) in [6, 6.07) is 1.54. The normalized spacial score (nSPS) is 12.1. The van der Waals surface area contributed by atoms with E-state index in [1.165, 1.54) is 0 Å². The van der Waals surface area contributed by atoms with Crippen LogP contribution in [0.2, 0.25) is 12.1 Å². The Bertz CT molecular complexity index is 303. The molecule has 0 aromatic rings. The first-order valence-corrected chi connectivity index (χ1v) is 11.6. The van der Waals surface area contributed by atoms with E-state index < -0.39 is 19.0 Å². The van der Waals surface area contributed by atoms with Gasteiger partial charge in [-0.3, -0.25) is 9.59 Å². The maximum absolute atomic E-state index is 11.5. The zero-order valence-corrected chi connectivity index (χ0v) is 17.9. The van der Waals surface area contributed by atoms with E-state index in [1.807, 2.05) is 0 Å². The number of carbonyl (C=O) groups is 2. The van der Waals surface area contributed by atoms with Crippen molar-refractivity contribution in [3.63, 3.8) is 0 Å². The molecule has 0 amide bonds. The first kappa shape index (κ1) is 23.2. The summed E-state index contributed by atoms with van der Waals surface area (Å²) in [4.78, 5) is 23.0. The molecule has 0 aliphatic carbocycles. The van der Waals surface area contributed by atoms with Crippen LogP contribution in [-0.4, -0.2) is 84.5 Å². The van der Waals surface area contributed by atoms with E-state index in [9.17, 15) is 9.59 Å². The highest BCUT2D eigenvalue weighted by Crippen LogP contribution is 2.00. The second-order valence-electron chi connectivity index (χ2n) is 5.03. The van der Waals surface area contributed by atoms with Crippen molar-refractivity contribution in [1.29, 1.82) is 0 Å². The minimum absolute atomic E-state index is 0.0363. The van der Waals surface area contributed by atoms with E-state index >= 15 is 0 Å². The smallest absolute Gasteiger partial charge is 0.306 e. The number of ether oxygens (including phenoxy) is 6. The van der Waals surface area contributed by atoms with Gasteiger partial charge >= 0.3 is 11.9 Å². The van der Waals surface area contributed by atoms with E-state index in [-0.39, 0.29) is 36.6 Å². The highest BCUT2D eigenvalue weighted by molar-refractivity contribution is 6.36. The van der Waals surface area contributed by atoms with Gasteiger partial charge in [0.1, 0.15) is 11.8 Å². The molecule has 0 atom stereocenters. The molecule has 0 spiro atoms. The molecule has 24 heavy (non-hydrogen) atoms. The zero-order chi connectivity index (χ0) is 18.2. The lowest BCUT2D eigenvalue weighted by atomic mass is 10.3. The molecule has 0 fully saturated rings. The van der Waals surface area contributed by atoms with Crippen molar-refractivity contribution in [3.05, 3.63) is 0 Å². The van der Waals surface area contributed by atoms with Crippen LogP contribution in [0.4, 0.5) is 0 Å². The van der Waals surface area contributed by atoms with Crippen molar-refractivity contribution >= 4 is 31.0 Å². The molecule has 0 bridgehead atoms. The van der Waals surface area contributed by atoms with Gasteiger partial charge in [-0.1, -0.05) is 0 Å². The molecule has 0 aliphatic rings. The highest BCUT2D eigenvalue weighted by atomic mass is 28.2. The average Bonchev–Trinajstić information content (AvgIpc) is 2.60. The number of methoxy groups -OCH3 is 4. The lowest BCUT2D eigenvalue weighted by molar-refractivity contribution is -0.149. The Morgan fingerprint density at radius 2 is 1.04 bits per heavy atom. The first-order chi connectivity index (χ1) is 11.6. The highest BCUT2D eigenvalue weighted by Gasteiger charge is 2.11. The molecule has 10 heteroatoms. The number of esters is 2. The minimum atomic E-state index is -0.602. The molecule has 0 aromatic heterocycles. The Morgan fingerprint density at radius 3 is 1.33 bits per heavy atom. The number of hydrogen-bond donors (Lipinski definition) is 0. The third-order valence-electron chi connectivity index (χ3n) is 3.28. The van der Waals surface area contributed by atoms with Gasteiger partial charge in [0.25, 0.3) is 0 Å². The lowest BCUT2D eigenvalue weighted by Gasteiger charge is -2.12. The van der Waals surface area contributed by atoms with Crippen LogP contribution in [-0.2, 0) is 38.0 Å². The van der Waals surface area contributed by atoms with Gasteiger partial charge in [0, 0.05) is 28.4 Å². The molecular formula is C14H30O8Si2. The molecule has 0 saturated heterocycles. The molecule has 0 radical (unpaired) electrons. The standard InChI is InChI=1S/C14H30O8Si2/c1-17-13(18-2)23-9-7-21-11(15)5-6-12(16)22-8-10-24-14(19-3)20-4/h13-14H,5-10,23-24H2,1-4H3. The summed E-state index contributed by atoms with van der Waals surface area (Å²) in [5.41, 5.74) is 0. The molecule has 8 nitrogen and oxygen atoms in total. The van der Waals surface area contributed by atoms with Crippen molar-refractivity contribution < 1.29 is 38.0 Å². The van der Waals surface area contributed by atoms with Gasteiger partial charge in [-0.05, 0) is 12.1 Å². The summed E-state index contributed by atoms with van der Waals surface area (Å²) in [6.45, 7) is 0.675. The van der Waals surface area contributed by atoms with Gasteiger partial charge < -0.3 is 28.4 Å². The van der Waals surface area contributed by atoms with Gasteiger partial charge in [0.2, 0.25) is 0 Å². The van der Waals surface area contributed by atoms with Crippen LogP contribution in [0.25, 0.3) is 0 Å². The Balaban J connectivity index is 3.59. The van der Waals surface area contributed by atoms with E-state index in [1.54, 1.807) is 28.4 Å². The summed E-state index contributed by atoms with van der Waals surface area (Å²) in [7, 11) is 5.15. The minimum Gasteiger partial charge on any atom is -0.466 e. The van der Waals surface area contributed by atoms with Crippen LogP contribution < -0.4 is 0 Å². The van der Waals surface area contributed by atoms with Crippen molar-refractivity contribution in [3.8, 4) is 0 Å². The van der Waals surface area contributed by atoms with Gasteiger partial charge in [-0.25, -0.2) is 0 Å². The van der Waals surface area contributed by atoms with E-state index in [0.29, 0.717) is 13.2 Å². The van der Waals surface area contributed by atoms with E-state index in [2.05, 4.69) is 0 Å². The fourth-order valence-electron chi connectivity index (χ4n) is 1.88. The van der Waals surface area contributed by atoms with Crippen molar-refractivity contribution in [1.82, 2.24) is 0 Å². The number of rotatable bonds is 15. The van der Waals surface area contributed by atoms with Crippen molar-refractivity contribution in [2.24, 2.45) is 0 Å². The van der Waals surface area contributed by atoms with Crippen molar-refractivity contribution in [2.75, 3.05) is 41.7 Å². The fourth-order valence-corrected chi connectivity index (χ4v) is 4.12. The third kappa shape index (κ3) is 12.6. The maximum Gasteiger partial charge on any atom is 0.306 e. The Hall–Kier alpha value is -0.786. The summed E-state index contributed by atoms with van der Waals surface area (Å²) in [6.07, 6.45) is 0.0726. The van der Waals surface area contributed by atoms with Crippen LogP contribution >= 0.6 is 0 Å². The quantitative estimate of drug-likeness (QED) is 0.157. The summed E-state index contributed by atoms with van der Waals surface area (Å²) in [5, 5.41) is 0. The van der Waals surface area contributed by atoms with E-state index in [4.69, 9.17) is 28.4 Å². The summed E-state index contributed by atoms with van der Waals surface area (Å²) >= 11 is 0. The second kappa shape index (κ2) is 15.7. The van der Waals surface area contributed by atoms with Crippen LogP contribution in [0.3, 0.4) is 0 Å². The van der Waals surface area contributed by atoms with E-state index in [0.717, 1.165) is 12.1 Å². The topological polar surface area (TPSA) is 89.5 Å². The van der Waals surface area contributed by atoms with Crippen LogP contribution in [0.15, 0.2) is 0 Å². The Labute approximate surface area is 148 Å². The average molecular weight is 383 g/mol. The molecule has 142 valence electrons. The second-order valence-corrected chi connectivity index (χ2v) is 8.93. The maximum atomic E-state index is 11.5.